The van der Waals surface area contributed by atoms with E-state index in [1.807, 2.05) is 0 Å². The van der Waals surface area contributed by atoms with Crippen molar-refractivity contribution in [2.45, 2.75) is 6.92 Å². The fraction of sp³-hybridized carbons (Fsp3) is 0.188. The molecule has 6 nitrogen and oxygen atoms in total. The summed E-state index contributed by atoms with van der Waals surface area (Å²) in [7, 11) is 0. The number of anilines is 1. The fourth-order valence-corrected chi connectivity index (χ4v) is 2.29. The van der Waals surface area contributed by atoms with Crippen LogP contribution in [0.15, 0.2) is 30.3 Å². The topological polar surface area (TPSA) is 77.5 Å². The number of carbonyl (C=O) groups is 2. The van der Waals surface area contributed by atoms with Gasteiger partial charge >= 0.3 is 5.97 Å². The molecular formula is C16H13Cl3N2O4. The second-order valence-corrected chi connectivity index (χ2v) is 6.09. The molecule has 0 spiro atoms. The van der Waals surface area contributed by atoms with Crippen molar-refractivity contribution in [2.24, 2.45) is 0 Å². The molecule has 1 aromatic carbocycles. The van der Waals surface area contributed by atoms with Crippen molar-refractivity contribution in [1.29, 1.82) is 0 Å². The average molecular weight is 404 g/mol. The molecule has 0 aliphatic carbocycles. The van der Waals surface area contributed by atoms with Crippen molar-refractivity contribution < 1.29 is 19.1 Å². The zero-order chi connectivity index (χ0) is 18.4. The van der Waals surface area contributed by atoms with Crippen LogP contribution in [-0.4, -0.2) is 30.1 Å². The lowest BCUT2D eigenvalue weighted by Crippen LogP contribution is -2.24. The van der Waals surface area contributed by atoms with Gasteiger partial charge in [0.2, 0.25) is 0 Å². The fourth-order valence-electron chi connectivity index (χ4n) is 1.70. The van der Waals surface area contributed by atoms with Crippen molar-refractivity contribution in [3.05, 3.63) is 51.1 Å². The number of carbonyl (C=O) groups excluding carboxylic acids is 2. The number of nitrogens with one attached hydrogen (secondary N) is 1. The van der Waals surface area contributed by atoms with E-state index in [9.17, 15) is 9.59 Å². The number of rotatable bonds is 6. The second kappa shape index (κ2) is 8.89. The summed E-state index contributed by atoms with van der Waals surface area (Å²) in [6, 6.07) is 8.02. The molecule has 0 bridgehead atoms. The number of amides is 1. The largest absolute Gasteiger partial charge is 0.482 e. The van der Waals surface area contributed by atoms with E-state index in [1.165, 1.54) is 6.07 Å². The normalized spacial score (nSPS) is 10.2. The zero-order valence-corrected chi connectivity index (χ0v) is 15.3. The molecule has 132 valence electrons. The number of esters is 1. The van der Waals surface area contributed by atoms with Gasteiger partial charge in [-0.05, 0) is 31.2 Å². The molecule has 1 aromatic heterocycles. The highest BCUT2D eigenvalue weighted by Gasteiger charge is 2.12. The number of pyridine rings is 1. The number of benzene rings is 1. The summed E-state index contributed by atoms with van der Waals surface area (Å²) in [5.74, 6) is -0.741. The van der Waals surface area contributed by atoms with Gasteiger partial charge in [-0.15, -0.1) is 0 Å². The van der Waals surface area contributed by atoms with Crippen LogP contribution in [0.1, 0.15) is 5.69 Å². The van der Waals surface area contributed by atoms with Crippen molar-refractivity contribution in [3.8, 4) is 5.75 Å². The minimum atomic E-state index is -0.707. The summed E-state index contributed by atoms with van der Waals surface area (Å²) < 4.78 is 10.0. The number of halogens is 3. The third-order valence-corrected chi connectivity index (χ3v) is 3.79. The van der Waals surface area contributed by atoms with E-state index >= 15 is 0 Å². The van der Waals surface area contributed by atoms with E-state index in [0.29, 0.717) is 21.5 Å². The molecule has 0 fully saturated rings. The van der Waals surface area contributed by atoms with Crippen LogP contribution in [0, 0.1) is 6.92 Å². The van der Waals surface area contributed by atoms with E-state index in [4.69, 9.17) is 44.3 Å². The van der Waals surface area contributed by atoms with Gasteiger partial charge in [0.05, 0.1) is 15.7 Å². The van der Waals surface area contributed by atoms with Gasteiger partial charge in [-0.2, -0.15) is 0 Å². The minimum Gasteiger partial charge on any atom is -0.482 e. The third-order valence-electron chi connectivity index (χ3n) is 2.88. The van der Waals surface area contributed by atoms with Crippen LogP contribution in [0.25, 0.3) is 0 Å². The van der Waals surface area contributed by atoms with Gasteiger partial charge in [0.15, 0.2) is 19.0 Å². The Balaban J connectivity index is 1.79. The van der Waals surface area contributed by atoms with Crippen LogP contribution in [0.5, 0.6) is 5.75 Å². The Morgan fingerprint density at radius 2 is 1.88 bits per heavy atom. The molecule has 1 heterocycles. The van der Waals surface area contributed by atoms with Crippen molar-refractivity contribution >= 4 is 52.5 Å². The van der Waals surface area contributed by atoms with Crippen molar-refractivity contribution in [1.82, 2.24) is 4.98 Å². The van der Waals surface area contributed by atoms with Gasteiger partial charge in [0, 0.05) is 5.02 Å². The van der Waals surface area contributed by atoms with Gasteiger partial charge in [-0.1, -0.05) is 40.9 Å². The van der Waals surface area contributed by atoms with Gasteiger partial charge in [-0.3, -0.25) is 4.79 Å². The summed E-state index contributed by atoms with van der Waals surface area (Å²) >= 11 is 17.6. The second-order valence-electron chi connectivity index (χ2n) is 4.84. The lowest BCUT2D eigenvalue weighted by Gasteiger charge is -2.09. The van der Waals surface area contributed by atoms with Crippen LogP contribution in [0.4, 0.5) is 5.82 Å². The first-order chi connectivity index (χ1) is 11.8. The van der Waals surface area contributed by atoms with E-state index in [-0.39, 0.29) is 17.4 Å². The minimum absolute atomic E-state index is 0.139. The molecule has 0 saturated heterocycles. The molecule has 2 aromatic rings. The predicted octanol–water partition coefficient (Wildman–Crippen LogP) is 3.91. The summed E-state index contributed by atoms with van der Waals surface area (Å²) in [5, 5.41) is 3.48. The maximum absolute atomic E-state index is 11.8. The Hall–Kier alpha value is -2.02. The molecule has 0 radical (unpaired) electrons. The highest BCUT2D eigenvalue weighted by Crippen LogP contribution is 2.25. The molecule has 0 unspecified atom stereocenters. The molecule has 0 aliphatic rings. The molecule has 1 N–H and O–H groups in total. The number of aromatic nitrogens is 1. The smallest absolute Gasteiger partial charge is 0.344 e. The Bertz CT molecular complexity index is 799. The Morgan fingerprint density at radius 1 is 1.12 bits per heavy atom. The van der Waals surface area contributed by atoms with Crippen LogP contribution in [-0.2, 0) is 14.3 Å². The molecule has 0 saturated carbocycles. The Morgan fingerprint density at radius 3 is 2.60 bits per heavy atom. The molecule has 9 heteroatoms. The monoisotopic (exact) mass is 402 g/mol. The van der Waals surface area contributed by atoms with Gasteiger partial charge in [0.1, 0.15) is 5.75 Å². The first kappa shape index (κ1) is 19.3. The number of hydrogen-bond acceptors (Lipinski definition) is 5. The van der Waals surface area contributed by atoms with Crippen LogP contribution >= 0.6 is 34.8 Å². The summed E-state index contributed by atoms with van der Waals surface area (Å²) in [4.78, 5) is 27.5. The first-order valence-electron chi connectivity index (χ1n) is 7.01. The van der Waals surface area contributed by atoms with E-state index in [2.05, 4.69) is 10.3 Å². The maximum atomic E-state index is 11.8. The molecule has 25 heavy (non-hydrogen) atoms. The van der Waals surface area contributed by atoms with Gasteiger partial charge < -0.3 is 14.8 Å². The average Bonchev–Trinajstić information content (AvgIpc) is 2.56. The van der Waals surface area contributed by atoms with E-state index in [1.54, 1.807) is 31.2 Å². The molecule has 2 rings (SSSR count). The molecular weight excluding hydrogens is 391 g/mol. The van der Waals surface area contributed by atoms with Gasteiger partial charge in [-0.25, -0.2) is 9.78 Å². The standard InChI is InChI=1S/C16H13Cl3N2O4/c1-9-12(18)6-13(19)16(20-9)21-14(22)7-25-15(23)8-24-11-4-2-3-10(17)5-11/h2-6H,7-8H2,1H3,(H,20,21,22). The van der Waals surface area contributed by atoms with Crippen molar-refractivity contribution in [3.63, 3.8) is 0 Å². The van der Waals surface area contributed by atoms with Crippen LogP contribution in [0.3, 0.4) is 0 Å². The van der Waals surface area contributed by atoms with Crippen LogP contribution < -0.4 is 10.1 Å². The summed E-state index contributed by atoms with van der Waals surface area (Å²) in [5.41, 5.74) is 0.508. The maximum Gasteiger partial charge on any atom is 0.344 e. The lowest BCUT2D eigenvalue weighted by atomic mass is 10.3. The number of aryl methyl sites for hydroxylation is 1. The highest BCUT2D eigenvalue weighted by atomic mass is 35.5. The molecule has 1 amide bonds. The predicted molar refractivity (Wildman–Crippen MR) is 95.5 cm³/mol. The zero-order valence-electron chi connectivity index (χ0n) is 13.0. The van der Waals surface area contributed by atoms with E-state index in [0.717, 1.165) is 0 Å². The number of ether oxygens (including phenoxy) is 2. The first-order valence-corrected chi connectivity index (χ1v) is 8.15. The van der Waals surface area contributed by atoms with Gasteiger partial charge in [0.25, 0.3) is 5.91 Å². The lowest BCUT2D eigenvalue weighted by molar-refractivity contribution is -0.149. The Labute approximate surface area is 159 Å². The number of nitrogens with zero attached hydrogens (tertiary/aromatic N) is 1. The SMILES string of the molecule is Cc1nc(NC(=O)COC(=O)COc2cccc(Cl)c2)c(Cl)cc1Cl. The Kier molecular flexibility index (Phi) is 6.87. The van der Waals surface area contributed by atoms with E-state index < -0.39 is 18.5 Å². The summed E-state index contributed by atoms with van der Waals surface area (Å²) in [6.07, 6.45) is 0. The van der Waals surface area contributed by atoms with Crippen molar-refractivity contribution in [2.75, 3.05) is 18.5 Å². The third kappa shape index (κ3) is 6.08. The highest BCUT2D eigenvalue weighted by molar-refractivity contribution is 6.36. The summed E-state index contributed by atoms with van der Waals surface area (Å²) in [6.45, 7) is 0.811. The quantitative estimate of drug-likeness (QED) is 0.740. The molecule has 0 atom stereocenters. The number of hydrogen-bond donors (Lipinski definition) is 1. The van der Waals surface area contributed by atoms with Crippen LogP contribution in [0.2, 0.25) is 15.1 Å². The molecule has 0 aliphatic heterocycles.